The van der Waals surface area contributed by atoms with Crippen LogP contribution in [-0.2, 0) is 19.0 Å². The van der Waals surface area contributed by atoms with Crippen molar-refractivity contribution in [2.24, 2.45) is 0 Å². The Hall–Kier alpha value is -2.02. The molecule has 0 unspecified atom stereocenters. The molecule has 2 amide bonds. The van der Waals surface area contributed by atoms with Gasteiger partial charge in [0.05, 0.1) is 47.2 Å². The molecule has 2 aromatic rings. The van der Waals surface area contributed by atoms with Crippen molar-refractivity contribution in [3.05, 3.63) is 38.5 Å². The number of ether oxygens (including phenoxy) is 3. The minimum absolute atomic E-state index is 0.0103. The number of halogens is 2. The Morgan fingerprint density at radius 1 is 0.947 bits per heavy atom. The molecular weight excluding hydrogens is 553 g/mol. The molecule has 10 nitrogen and oxygen atoms in total. The van der Waals surface area contributed by atoms with Gasteiger partial charge >= 0.3 is 0 Å². The van der Waals surface area contributed by atoms with E-state index in [0.717, 1.165) is 23.5 Å². The number of hydrogen-bond acceptors (Lipinski definition) is 9. The smallest absolute Gasteiger partial charge is 0.273 e. The molecule has 0 saturated carbocycles. The molecule has 2 aromatic heterocycles. The summed E-state index contributed by atoms with van der Waals surface area (Å²) in [6.07, 6.45) is 4.79. The highest BCUT2D eigenvalue weighted by Gasteiger charge is 2.29. The highest BCUT2D eigenvalue weighted by Crippen LogP contribution is 2.34. The normalized spacial score (nSPS) is 16.8. The van der Waals surface area contributed by atoms with Crippen molar-refractivity contribution < 1.29 is 23.8 Å². The fourth-order valence-corrected chi connectivity index (χ4v) is 6.13. The van der Waals surface area contributed by atoms with Gasteiger partial charge in [-0.1, -0.05) is 23.2 Å². The first-order valence-corrected chi connectivity index (χ1v) is 14.3. The summed E-state index contributed by atoms with van der Waals surface area (Å²) in [5.74, 6) is 0.174. The Labute approximate surface area is 236 Å². The number of aromatic nitrogens is 2. The van der Waals surface area contributed by atoms with Crippen LogP contribution in [0, 0.1) is 0 Å². The summed E-state index contributed by atoms with van der Waals surface area (Å²) in [6.45, 7) is 5.61. The van der Waals surface area contributed by atoms with Crippen molar-refractivity contribution in [1.82, 2.24) is 19.8 Å². The number of piperidine rings is 1. The minimum atomic E-state index is -0.0602. The SMILES string of the molecule is COCCOCCOCC(=O)N1CCC(c2nc(C(=O)N3CCN(c4c(Cl)cncc4Cl)CC3)cs2)CC1. The van der Waals surface area contributed by atoms with Crippen LogP contribution in [-0.4, -0.2) is 111 Å². The average Bonchev–Trinajstić information content (AvgIpc) is 3.43. The van der Waals surface area contributed by atoms with Crippen LogP contribution in [0.1, 0.15) is 34.3 Å². The fourth-order valence-electron chi connectivity index (χ4n) is 4.56. The van der Waals surface area contributed by atoms with Crippen molar-refractivity contribution in [2.75, 3.05) is 84.3 Å². The molecule has 2 fully saturated rings. The van der Waals surface area contributed by atoms with Crippen molar-refractivity contribution in [3.8, 4) is 0 Å². The highest BCUT2D eigenvalue weighted by atomic mass is 35.5. The summed E-state index contributed by atoms with van der Waals surface area (Å²) in [5.41, 5.74) is 1.24. The summed E-state index contributed by atoms with van der Waals surface area (Å²) in [6, 6.07) is 0. The fraction of sp³-hybridized carbons (Fsp3) is 0.600. The summed E-state index contributed by atoms with van der Waals surface area (Å²) in [5, 5.41) is 3.81. The third-order valence-electron chi connectivity index (χ3n) is 6.68. The van der Waals surface area contributed by atoms with Crippen LogP contribution >= 0.6 is 34.5 Å². The summed E-state index contributed by atoms with van der Waals surface area (Å²) in [4.78, 5) is 40.0. The zero-order valence-corrected chi connectivity index (χ0v) is 23.8. The number of thiazole rings is 1. The monoisotopic (exact) mass is 585 g/mol. The number of hydrogen-bond donors (Lipinski definition) is 0. The number of methoxy groups -OCH3 is 1. The van der Waals surface area contributed by atoms with Gasteiger partial charge in [-0.2, -0.15) is 0 Å². The molecule has 0 aromatic carbocycles. The number of carbonyl (C=O) groups excluding carboxylic acids is 2. The Balaban J connectivity index is 1.20. The molecule has 0 radical (unpaired) electrons. The number of amides is 2. The zero-order valence-electron chi connectivity index (χ0n) is 21.4. The number of likely N-dealkylation sites (tertiary alicyclic amines) is 1. The summed E-state index contributed by atoms with van der Waals surface area (Å²) < 4.78 is 15.7. The van der Waals surface area contributed by atoms with E-state index >= 15 is 0 Å². The van der Waals surface area contributed by atoms with E-state index in [2.05, 4.69) is 14.9 Å². The topological polar surface area (TPSA) is 97.3 Å². The largest absolute Gasteiger partial charge is 0.382 e. The van der Waals surface area contributed by atoms with E-state index < -0.39 is 0 Å². The van der Waals surface area contributed by atoms with Crippen molar-refractivity contribution >= 4 is 52.0 Å². The molecule has 2 saturated heterocycles. The highest BCUT2D eigenvalue weighted by molar-refractivity contribution is 7.09. The summed E-state index contributed by atoms with van der Waals surface area (Å²) in [7, 11) is 1.62. The molecule has 38 heavy (non-hydrogen) atoms. The lowest BCUT2D eigenvalue weighted by Crippen LogP contribution is -2.49. The quantitative estimate of drug-likeness (QED) is 0.371. The molecule has 0 bridgehead atoms. The predicted molar refractivity (Wildman–Crippen MR) is 147 cm³/mol. The van der Waals surface area contributed by atoms with Gasteiger partial charge in [-0.25, -0.2) is 4.98 Å². The molecule has 0 atom stereocenters. The van der Waals surface area contributed by atoms with Crippen LogP contribution in [0.25, 0.3) is 0 Å². The van der Waals surface area contributed by atoms with Gasteiger partial charge in [0, 0.05) is 70.1 Å². The van der Waals surface area contributed by atoms with Gasteiger partial charge in [-0.3, -0.25) is 14.6 Å². The first-order valence-electron chi connectivity index (χ1n) is 12.7. The molecule has 2 aliphatic heterocycles. The van der Waals surface area contributed by atoms with Gasteiger partial charge in [0.15, 0.2) is 0 Å². The number of anilines is 1. The van der Waals surface area contributed by atoms with Crippen LogP contribution in [0.4, 0.5) is 5.69 Å². The maximum Gasteiger partial charge on any atom is 0.273 e. The van der Waals surface area contributed by atoms with Crippen molar-refractivity contribution in [3.63, 3.8) is 0 Å². The van der Waals surface area contributed by atoms with E-state index in [0.29, 0.717) is 81.4 Å². The third-order valence-corrected chi connectivity index (χ3v) is 8.24. The first kappa shape index (κ1) is 29.0. The van der Waals surface area contributed by atoms with Crippen LogP contribution < -0.4 is 4.90 Å². The molecule has 4 heterocycles. The Morgan fingerprint density at radius 3 is 2.29 bits per heavy atom. The molecule has 208 valence electrons. The molecular formula is C25H33Cl2N5O5S. The van der Waals surface area contributed by atoms with Gasteiger partial charge in [0.2, 0.25) is 5.91 Å². The Kier molecular flexibility index (Phi) is 11.0. The van der Waals surface area contributed by atoms with E-state index in [1.165, 1.54) is 11.3 Å². The molecule has 4 rings (SSSR count). The van der Waals surface area contributed by atoms with Crippen LogP contribution in [0.15, 0.2) is 17.8 Å². The lowest BCUT2D eigenvalue weighted by molar-refractivity contribution is -0.137. The van der Waals surface area contributed by atoms with Gasteiger partial charge < -0.3 is 28.9 Å². The summed E-state index contributed by atoms with van der Waals surface area (Å²) >= 11 is 14.1. The van der Waals surface area contributed by atoms with Crippen molar-refractivity contribution in [2.45, 2.75) is 18.8 Å². The molecule has 2 aliphatic rings. The molecule has 0 N–H and O–H groups in total. The van der Waals surface area contributed by atoms with Gasteiger partial charge in [0.1, 0.15) is 12.3 Å². The molecule has 13 heteroatoms. The number of rotatable bonds is 11. The second-order valence-electron chi connectivity index (χ2n) is 9.11. The number of pyridine rings is 1. The van der Waals surface area contributed by atoms with E-state index in [-0.39, 0.29) is 24.3 Å². The van der Waals surface area contributed by atoms with Gasteiger partial charge in [-0.15, -0.1) is 11.3 Å². The second kappa shape index (κ2) is 14.4. The van der Waals surface area contributed by atoms with Crippen LogP contribution in [0.2, 0.25) is 10.0 Å². The molecule has 0 aliphatic carbocycles. The van der Waals surface area contributed by atoms with Gasteiger partial charge in [0.25, 0.3) is 5.91 Å². The number of piperazine rings is 1. The lowest BCUT2D eigenvalue weighted by Gasteiger charge is -2.36. The Morgan fingerprint density at radius 2 is 1.61 bits per heavy atom. The maximum absolute atomic E-state index is 13.1. The van der Waals surface area contributed by atoms with Crippen LogP contribution in [0.5, 0.6) is 0 Å². The standard InChI is InChI=1S/C25H33Cl2N5O5S/c1-35-10-11-36-12-13-37-16-22(33)30-4-2-18(3-5-30)24-29-21(17-38-24)25(34)32-8-6-31(7-9-32)23-19(26)14-28-15-20(23)27/h14-15,17-18H,2-13,16H2,1H3. The van der Waals surface area contributed by atoms with E-state index in [1.54, 1.807) is 19.5 Å². The van der Waals surface area contributed by atoms with Crippen molar-refractivity contribution in [1.29, 1.82) is 0 Å². The van der Waals surface area contributed by atoms with E-state index in [4.69, 9.17) is 37.4 Å². The minimum Gasteiger partial charge on any atom is -0.382 e. The van der Waals surface area contributed by atoms with E-state index in [9.17, 15) is 9.59 Å². The van der Waals surface area contributed by atoms with Gasteiger partial charge in [-0.05, 0) is 12.8 Å². The lowest BCUT2D eigenvalue weighted by atomic mass is 9.97. The maximum atomic E-state index is 13.1. The average molecular weight is 587 g/mol. The van der Waals surface area contributed by atoms with Crippen LogP contribution in [0.3, 0.4) is 0 Å². The zero-order chi connectivity index (χ0) is 26.9. The number of carbonyl (C=O) groups is 2. The third kappa shape index (κ3) is 7.55. The first-order chi connectivity index (χ1) is 18.5. The molecule has 0 spiro atoms. The van der Waals surface area contributed by atoms with E-state index in [1.807, 2.05) is 15.2 Å². The Bertz CT molecular complexity index is 1050. The second-order valence-corrected chi connectivity index (χ2v) is 10.8. The number of nitrogens with zero attached hydrogens (tertiary/aromatic N) is 5. The predicted octanol–water partition coefficient (Wildman–Crippen LogP) is 3.19.